The molecule has 2 aromatic rings. The van der Waals surface area contributed by atoms with E-state index in [2.05, 4.69) is 16.8 Å². The number of thiophene rings is 1. The molecule has 0 spiro atoms. The van der Waals surface area contributed by atoms with E-state index in [4.69, 9.17) is 9.72 Å². The fraction of sp³-hybridized carbons (Fsp3) is 0.632. The number of morpholine rings is 1. The van der Waals surface area contributed by atoms with E-state index in [0.29, 0.717) is 13.2 Å². The Morgan fingerprint density at radius 1 is 1.23 bits per heavy atom. The first-order valence-corrected chi connectivity index (χ1v) is 10.3. The standard InChI is InChI=1S/C19H28N4O2S/c1-5-7-8-22(6-2)19(24)16-13(3)15-17(23-9-11-25-12-10-23)20-14(4)21-18(15)26-16/h5-12H2,1-4H3. The molecule has 7 heteroatoms. The first-order chi connectivity index (χ1) is 12.6. The van der Waals surface area contributed by atoms with Crippen molar-refractivity contribution in [3.63, 3.8) is 0 Å². The molecule has 1 saturated heterocycles. The summed E-state index contributed by atoms with van der Waals surface area (Å²) in [5.41, 5.74) is 1.01. The topological polar surface area (TPSA) is 58.6 Å². The molecule has 0 unspecified atom stereocenters. The summed E-state index contributed by atoms with van der Waals surface area (Å²) >= 11 is 1.50. The van der Waals surface area contributed by atoms with Crippen LogP contribution < -0.4 is 4.90 Å². The van der Waals surface area contributed by atoms with Crippen molar-refractivity contribution in [3.8, 4) is 0 Å². The lowest BCUT2D eigenvalue weighted by atomic mass is 10.1. The summed E-state index contributed by atoms with van der Waals surface area (Å²) in [5.74, 6) is 1.81. The van der Waals surface area contributed by atoms with Crippen LogP contribution in [0, 0.1) is 13.8 Å². The summed E-state index contributed by atoms with van der Waals surface area (Å²) in [6, 6.07) is 0. The summed E-state index contributed by atoms with van der Waals surface area (Å²) in [6.07, 6.45) is 2.11. The number of hydrogen-bond donors (Lipinski definition) is 0. The highest BCUT2D eigenvalue weighted by Gasteiger charge is 2.25. The number of rotatable bonds is 6. The molecule has 1 aliphatic heterocycles. The van der Waals surface area contributed by atoms with E-state index in [1.165, 1.54) is 11.3 Å². The zero-order valence-corrected chi connectivity index (χ0v) is 17.0. The summed E-state index contributed by atoms with van der Waals surface area (Å²) in [7, 11) is 0. The number of nitrogens with zero attached hydrogens (tertiary/aromatic N) is 4. The van der Waals surface area contributed by atoms with Gasteiger partial charge in [0.05, 0.1) is 23.5 Å². The van der Waals surface area contributed by atoms with Crippen LogP contribution in [-0.4, -0.2) is 60.2 Å². The number of unbranched alkanes of at least 4 members (excludes halogenated alkanes) is 1. The summed E-state index contributed by atoms with van der Waals surface area (Å²) in [4.78, 5) is 28.3. The van der Waals surface area contributed by atoms with E-state index in [9.17, 15) is 4.79 Å². The Labute approximate surface area is 159 Å². The maximum atomic E-state index is 13.1. The minimum absolute atomic E-state index is 0.118. The number of anilines is 1. The molecule has 0 radical (unpaired) electrons. The minimum atomic E-state index is 0.118. The minimum Gasteiger partial charge on any atom is -0.378 e. The normalized spacial score (nSPS) is 14.8. The van der Waals surface area contributed by atoms with Gasteiger partial charge >= 0.3 is 0 Å². The second-order valence-corrected chi connectivity index (χ2v) is 7.67. The number of aryl methyl sites for hydroxylation is 2. The van der Waals surface area contributed by atoms with Gasteiger partial charge < -0.3 is 14.5 Å². The molecule has 3 rings (SSSR count). The van der Waals surface area contributed by atoms with Gasteiger partial charge in [-0.05, 0) is 32.8 Å². The molecule has 2 aromatic heterocycles. The molecule has 1 aliphatic rings. The summed E-state index contributed by atoms with van der Waals surface area (Å²) < 4.78 is 5.48. The molecular weight excluding hydrogens is 348 g/mol. The fourth-order valence-electron chi connectivity index (χ4n) is 3.33. The highest BCUT2D eigenvalue weighted by molar-refractivity contribution is 7.20. The van der Waals surface area contributed by atoms with Gasteiger partial charge in [0.15, 0.2) is 0 Å². The summed E-state index contributed by atoms with van der Waals surface area (Å²) in [6.45, 7) is 12.7. The van der Waals surface area contributed by atoms with Crippen molar-refractivity contribution in [3.05, 3.63) is 16.3 Å². The molecule has 0 aliphatic carbocycles. The highest BCUT2D eigenvalue weighted by Crippen LogP contribution is 2.36. The van der Waals surface area contributed by atoms with Crippen LogP contribution in [0.1, 0.15) is 47.7 Å². The number of amides is 1. The first kappa shape index (κ1) is 19.0. The molecule has 1 fully saturated rings. The Kier molecular flexibility index (Phi) is 6.09. The maximum Gasteiger partial charge on any atom is 0.264 e. The van der Waals surface area contributed by atoms with Crippen LogP contribution in [0.3, 0.4) is 0 Å². The third kappa shape index (κ3) is 3.69. The largest absolute Gasteiger partial charge is 0.378 e. The molecular formula is C19H28N4O2S. The molecule has 142 valence electrons. The molecule has 3 heterocycles. The van der Waals surface area contributed by atoms with Crippen LogP contribution in [0.15, 0.2) is 0 Å². The second-order valence-electron chi connectivity index (χ2n) is 6.67. The highest BCUT2D eigenvalue weighted by atomic mass is 32.1. The zero-order chi connectivity index (χ0) is 18.7. The van der Waals surface area contributed by atoms with Gasteiger partial charge in [-0.15, -0.1) is 11.3 Å². The van der Waals surface area contributed by atoms with E-state index >= 15 is 0 Å². The molecule has 26 heavy (non-hydrogen) atoms. The van der Waals surface area contributed by atoms with Gasteiger partial charge in [-0.1, -0.05) is 13.3 Å². The molecule has 0 saturated carbocycles. The van der Waals surface area contributed by atoms with Crippen LogP contribution in [0.5, 0.6) is 0 Å². The van der Waals surface area contributed by atoms with Gasteiger partial charge in [0, 0.05) is 26.2 Å². The predicted molar refractivity (Wildman–Crippen MR) is 106 cm³/mol. The van der Waals surface area contributed by atoms with Gasteiger partial charge in [-0.25, -0.2) is 9.97 Å². The van der Waals surface area contributed by atoms with Crippen molar-refractivity contribution in [2.45, 2.75) is 40.5 Å². The lowest BCUT2D eigenvalue weighted by molar-refractivity contribution is 0.0766. The average molecular weight is 377 g/mol. The Bertz CT molecular complexity index is 783. The van der Waals surface area contributed by atoms with Crippen molar-refractivity contribution < 1.29 is 9.53 Å². The van der Waals surface area contributed by atoms with Crippen LogP contribution in [0.25, 0.3) is 10.2 Å². The summed E-state index contributed by atoms with van der Waals surface area (Å²) in [5, 5.41) is 1.03. The Morgan fingerprint density at radius 3 is 2.62 bits per heavy atom. The van der Waals surface area contributed by atoms with Gasteiger partial charge in [0.25, 0.3) is 5.91 Å². The van der Waals surface area contributed by atoms with Crippen molar-refractivity contribution in [2.75, 3.05) is 44.3 Å². The van der Waals surface area contributed by atoms with Crippen LogP contribution in [0.2, 0.25) is 0 Å². The Hall–Kier alpha value is -1.73. The fourth-order valence-corrected chi connectivity index (χ4v) is 4.51. The van der Waals surface area contributed by atoms with Crippen LogP contribution >= 0.6 is 11.3 Å². The van der Waals surface area contributed by atoms with Crippen molar-refractivity contribution in [2.24, 2.45) is 0 Å². The van der Waals surface area contributed by atoms with Gasteiger partial charge in [0.2, 0.25) is 0 Å². The number of carbonyl (C=O) groups excluding carboxylic acids is 1. The molecule has 6 nitrogen and oxygen atoms in total. The van der Waals surface area contributed by atoms with Crippen LogP contribution in [0.4, 0.5) is 5.82 Å². The number of aromatic nitrogens is 2. The van der Waals surface area contributed by atoms with Crippen molar-refractivity contribution in [1.29, 1.82) is 0 Å². The van der Waals surface area contributed by atoms with E-state index in [0.717, 1.165) is 71.3 Å². The van der Waals surface area contributed by atoms with E-state index in [1.54, 1.807) is 0 Å². The van der Waals surface area contributed by atoms with E-state index in [-0.39, 0.29) is 5.91 Å². The van der Waals surface area contributed by atoms with Gasteiger partial charge in [0.1, 0.15) is 16.5 Å². The Balaban J connectivity index is 2.03. The molecule has 0 aromatic carbocycles. The SMILES string of the molecule is CCCCN(CC)C(=O)c1sc2nc(C)nc(N3CCOCC3)c2c1C. The lowest BCUT2D eigenvalue weighted by Crippen LogP contribution is -2.37. The number of hydrogen-bond acceptors (Lipinski definition) is 6. The molecule has 0 N–H and O–H groups in total. The van der Waals surface area contributed by atoms with Crippen molar-refractivity contribution in [1.82, 2.24) is 14.9 Å². The molecule has 0 atom stereocenters. The molecule has 0 bridgehead atoms. The third-order valence-corrected chi connectivity index (χ3v) is 6.01. The number of fused-ring (bicyclic) bond motifs is 1. The van der Waals surface area contributed by atoms with Gasteiger partial charge in [-0.2, -0.15) is 0 Å². The van der Waals surface area contributed by atoms with Crippen molar-refractivity contribution >= 4 is 33.3 Å². The average Bonchev–Trinajstić information content (AvgIpc) is 2.98. The zero-order valence-electron chi connectivity index (χ0n) is 16.2. The van der Waals surface area contributed by atoms with Gasteiger partial charge in [-0.3, -0.25) is 4.79 Å². The maximum absolute atomic E-state index is 13.1. The van der Waals surface area contributed by atoms with E-state index in [1.807, 2.05) is 25.7 Å². The monoisotopic (exact) mass is 376 g/mol. The molecule has 1 amide bonds. The third-order valence-electron chi connectivity index (χ3n) is 4.84. The van der Waals surface area contributed by atoms with Crippen LogP contribution in [-0.2, 0) is 4.74 Å². The quantitative estimate of drug-likeness (QED) is 0.773. The smallest absolute Gasteiger partial charge is 0.264 e. The first-order valence-electron chi connectivity index (χ1n) is 9.46. The Morgan fingerprint density at radius 2 is 1.96 bits per heavy atom. The second kappa shape index (κ2) is 8.31. The lowest BCUT2D eigenvalue weighted by Gasteiger charge is -2.28. The number of carbonyl (C=O) groups is 1. The number of ether oxygens (including phenoxy) is 1. The predicted octanol–water partition coefficient (Wildman–Crippen LogP) is 3.41. The van der Waals surface area contributed by atoms with E-state index < -0.39 is 0 Å².